The molecule has 112 valence electrons. The SMILES string of the molecule is Cc1cc(COc2cc3c(cc2CC(C)N)OCO3)no1. The van der Waals surface area contributed by atoms with Gasteiger partial charge in [-0.25, -0.2) is 0 Å². The lowest BCUT2D eigenvalue weighted by Gasteiger charge is -2.13. The largest absolute Gasteiger partial charge is 0.487 e. The molecule has 2 aromatic rings. The highest BCUT2D eigenvalue weighted by atomic mass is 16.7. The van der Waals surface area contributed by atoms with Gasteiger partial charge in [-0.05, 0) is 31.9 Å². The molecule has 1 aliphatic heterocycles. The van der Waals surface area contributed by atoms with Crippen molar-refractivity contribution in [3.63, 3.8) is 0 Å². The van der Waals surface area contributed by atoms with E-state index in [1.165, 1.54) is 0 Å². The lowest BCUT2D eigenvalue weighted by atomic mass is 10.1. The molecular formula is C15H18N2O4. The lowest BCUT2D eigenvalue weighted by Crippen LogP contribution is -2.18. The first kappa shape index (κ1) is 13.8. The Labute approximate surface area is 122 Å². The zero-order valence-electron chi connectivity index (χ0n) is 12.1. The molecule has 3 rings (SSSR count). The highest BCUT2D eigenvalue weighted by molar-refractivity contribution is 5.52. The molecule has 1 unspecified atom stereocenters. The molecule has 21 heavy (non-hydrogen) atoms. The second-order valence-corrected chi connectivity index (χ2v) is 5.21. The quantitative estimate of drug-likeness (QED) is 0.909. The Kier molecular flexibility index (Phi) is 3.70. The van der Waals surface area contributed by atoms with Crippen molar-refractivity contribution in [2.24, 2.45) is 5.73 Å². The molecular weight excluding hydrogens is 272 g/mol. The van der Waals surface area contributed by atoms with Crippen LogP contribution in [0.25, 0.3) is 0 Å². The molecule has 0 saturated heterocycles. The molecule has 1 aromatic carbocycles. The van der Waals surface area contributed by atoms with Crippen LogP contribution in [0.2, 0.25) is 0 Å². The van der Waals surface area contributed by atoms with E-state index in [2.05, 4.69) is 5.16 Å². The number of nitrogens with zero attached hydrogens (tertiary/aromatic N) is 1. The smallest absolute Gasteiger partial charge is 0.231 e. The van der Waals surface area contributed by atoms with Crippen LogP contribution >= 0.6 is 0 Å². The van der Waals surface area contributed by atoms with Crippen LogP contribution < -0.4 is 19.9 Å². The summed E-state index contributed by atoms with van der Waals surface area (Å²) in [5.74, 6) is 2.91. The maximum absolute atomic E-state index is 5.89. The minimum Gasteiger partial charge on any atom is -0.487 e. The maximum atomic E-state index is 5.89. The highest BCUT2D eigenvalue weighted by Crippen LogP contribution is 2.38. The lowest BCUT2D eigenvalue weighted by molar-refractivity contribution is 0.173. The fraction of sp³-hybridized carbons (Fsp3) is 0.400. The van der Waals surface area contributed by atoms with Crippen LogP contribution in [-0.4, -0.2) is 18.0 Å². The summed E-state index contributed by atoms with van der Waals surface area (Å²) in [6, 6.07) is 5.64. The van der Waals surface area contributed by atoms with Crippen LogP contribution in [0.4, 0.5) is 0 Å². The van der Waals surface area contributed by atoms with Gasteiger partial charge in [0.2, 0.25) is 6.79 Å². The van der Waals surface area contributed by atoms with Crippen LogP contribution in [0.1, 0.15) is 23.9 Å². The van der Waals surface area contributed by atoms with Crippen LogP contribution in [0.5, 0.6) is 17.2 Å². The number of rotatable bonds is 5. The van der Waals surface area contributed by atoms with Crippen molar-refractivity contribution in [3.05, 3.63) is 35.2 Å². The van der Waals surface area contributed by atoms with Crippen molar-refractivity contribution in [1.82, 2.24) is 5.16 Å². The van der Waals surface area contributed by atoms with Gasteiger partial charge in [-0.2, -0.15) is 0 Å². The van der Waals surface area contributed by atoms with Crippen molar-refractivity contribution in [3.8, 4) is 17.2 Å². The van der Waals surface area contributed by atoms with Gasteiger partial charge >= 0.3 is 0 Å². The van der Waals surface area contributed by atoms with E-state index in [0.29, 0.717) is 18.8 Å². The molecule has 0 amide bonds. The number of hydrogen-bond acceptors (Lipinski definition) is 6. The number of hydrogen-bond donors (Lipinski definition) is 1. The number of aryl methyl sites for hydroxylation is 1. The molecule has 0 saturated carbocycles. The van der Waals surface area contributed by atoms with Crippen molar-refractivity contribution in [1.29, 1.82) is 0 Å². The fourth-order valence-electron chi connectivity index (χ4n) is 2.24. The van der Waals surface area contributed by atoms with Crippen molar-refractivity contribution in [2.75, 3.05) is 6.79 Å². The molecule has 0 spiro atoms. The second-order valence-electron chi connectivity index (χ2n) is 5.21. The maximum Gasteiger partial charge on any atom is 0.231 e. The summed E-state index contributed by atoms with van der Waals surface area (Å²) < 4.78 is 21.7. The summed E-state index contributed by atoms with van der Waals surface area (Å²) in [5, 5.41) is 3.91. The summed E-state index contributed by atoms with van der Waals surface area (Å²) in [6.45, 7) is 4.37. The Morgan fingerprint density at radius 3 is 2.71 bits per heavy atom. The molecule has 1 atom stereocenters. The first-order chi connectivity index (χ1) is 10.1. The standard InChI is InChI=1S/C15H18N2O4/c1-9(16)3-11-5-14-15(20-8-19-14)6-13(11)18-7-12-4-10(2)21-17-12/h4-6,9H,3,7-8,16H2,1-2H3. The van der Waals surface area contributed by atoms with E-state index in [-0.39, 0.29) is 12.8 Å². The van der Waals surface area contributed by atoms with Crippen LogP contribution in [0.15, 0.2) is 22.7 Å². The average Bonchev–Trinajstić information content (AvgIpc) is 3.03. The molecule has 6 nitrogen and oxygen atoms in total. The first-order valence-corrected chi connectivity index (χ1v) is 6.85. The molecule has 0 bridgehead atoms. The Morgan fingerprint density at radius 1 is 1.29 bits per heavy atom. The average molecular weight is 290 g/mol. The van der Waals surface area contributed by atoms with E-state index in [1.54, 1.807) is 0 Å². The molecule has 6 heteroatoms. The van der Waals surface area contributed by atoms with Gasteiger partial charge in [0.25, 0.3) is 0 Å². The normalized spacial score (nSPS) is 14.2. The Morgan fingerprint density at radius 2 is 2.05 bits per heavy atom. The summed E-state index contributed by atoms with van der Waals surface area (Å²) in [6.07, 6.45) is 0.698. The van der Waals surface area contributed by atoms with Crippen LogP contribution in [-0.2, 0) is 13.0 Å². The third-order valence-electron chi connectivity index (χ3n) is 3.15. The van der Waals surface area contributed by atoms with E-state index >= 15 is 0 Å². The van der Waals surface area contributed by atoms with E-state index in [1.807, 2.05) is 32.0 Å². The van der Waals surface area contributed by atoms with Gasteiger partial charge in [-0.15, -0.1) is 0 Å². The predicted molar refractivity (Wildman–Crippen MR) is 75.5 cm³/mol. The van der Waals surface area contributed by atoms with E-state index in [9.17, 15) is 0 Å². The molecule has 0 radical (unpaired) electrons. The van der Waals surface area contributed by atoms with E-state index in [0.717, 1.165) is 28.5 Å². The van der Waals surface area contributed by atoms with Gasteiger partial charge in [0.1, 0.15) is 23.8 Å². The Hall–Kier alpha value is -2.21. The van der Waals surface area contributed by atoms with Gasteiger partial charge in [0.15, 0.2) is 11.5 Å². The van der Waals surface area contributed by atoms with Crippen LogP contribution in [0, 0.1) is 6.92 Å². The van der Waals surface area contributed by atoms with Crippen molar-refractivity contribution < 1.29 is 18.7 Å². The molecule has 2 N–H and O–H groups in total. The molecule has 1 aromatic heterocycles. The topological polar surface area (TPSA) is 79.7 Å². The molecule has 0 fully saturated rings. The Bertz CT molecular complexity index is 637. The minimum atomic E-state index is 0.0296. The zero-order chi connectivity index (χ0) is 14.8. The molecule has 1 aliphatic rings. The van der Waals surface area contributed by atoms with E-state index < -0.39 is 0 Å². The van der Waals surface area contributed by atoms with E-state index in [4.69, 9.17) is 24.5 Å². The van der Waals surface area contributed by atoms with Gasteiger partial charge in [0.05, 0.1) is 0 Å². The van der Waals surface area contributed by atoms with Crippen molar-refractivity contribution >= 4 is 0 Å². The van der Waals surface area contributed by atoms with Gasteiger partial charge < -0.3 is 24.5 Å². The van der Waals surface area contributed by atoms with Gasteiger partial charge in [-0.3, -0.25) is 0 Å². The number of benzene rings is 1. The summed E-state index contributed by atoms with van der Waals surface area (Å²) >= 11 is 0. The van der Waals surface area contributed by atoms with Gasteiger partial charge in [-0.1, -0.05) is 5.16 Å². The number of nitrogens with two attached hydrogens (primary N) is 1. The monoisotopic (exact) mass is 290 g/mol. The third-order valence-corrected chi connectivity index (χ3v) is 3.15. The number of ether oxygens (including phenoxy) is 3. The first-order valence-electron chi connectivity index (χ1n) is 6.85. The fourth-order valence-corrected chi connectivity index (χ4v) is 2.24. The zero-order valence-corrected chi connectivity index (χ0v) is 12.1. The molecule has 0 aliphatic carbocycles. The number of aromatic nitrogens is 1. The predicted octanol–water partition coefficient (Wildman–Crippen LogP) is 2.18. The summed E-state index contributed by atoms with van der Waals surface area (Å²) in [5.41, 5.74) is 7.64. The summed E-state index contributed by atoms with van der Waals surface area (Å²) in [7, 11) is 0. The van der Waals surface area contributed by atoms with Gasteiger partial charge in [0, 0.05) is 18.2 Å². The molecule has 2 heterocycles. The van der Waals surface area contributed by atoms with Crippen molar-refractivity contribution in [2.45, 2.75) is 32.9 Å². The number of fused-ring (bicyclic) bond motifs is 1. The second kappa shape index (κ2) is 5.65. The van der Waals surface area contributed by atoms with Crippen LogP contribution in [0.3, 0.4) is 0 Å². The highest BCUT2D eigenvalue weighted by Gasteiger charge is 2.19. The minimum absolute atomic E-state index is 0.0296. The summed E-state index contributed by atoms with van der Waals surface area (Å²) in [4.78, 5) is 0. The third kappa shape index (κ3) is 3.11. The Balaban J connectivity index is 1.81.